The zero-order valence-corrected chi connectivity index (χ0v) is 11.2. The van der Waals surface area contributed by atoms with Gasteiger partial charge in [-0.15, -0.1) is 0 Å². The van der Waals surface area contributed by atoms with Gasteiger partial charge >= 0.3 is 11.9 Å². The van der Waals surface area contributed by atoms with Gasteiger partial charge in [-0.25, -0.2) is 9.86 Å². The Hall–Kier alpha value is -2.61. The number of hydroxylamine groups is 2. The summed E-state index contributed by atoms with van der Waals surface area (Å²) in [5.41, 5.74) is 0.547. The van der Waals surface area contributed by atoms with Gasteiger partial charge in [-0.1, -0.05) is 12.1 Å². The predicted molar refractivity (Wildman–Crippen MR) is 69.3 cm³/mol. The summed E-state index contributed by atoms with van der Waals surface area (Å²) in [7, 11) is 1.09. The monoisotopic (exact) mass is 297 g/mol. The van der Waals surface area contributed by atoms with Crippen molar-refractivity contribution in [2.45, 2.75) is 18.9 Å². The zero-order chi connectivity index (χ0) is 16.0. The third-order valence-corrected chi connectivity index (χ3v) is 2.68. The van der Waals surface area contributed by atoms with E-state index in [2.05, 4.69) is 0 Å². The number of phenols is 1. The van der Waals surface area contributed by atoms with Gasteiger partial charge in [-0.05, 0) is 17.7 Å². The molecule has 8 nitrogen and oxygen atoms in total. The van der Waals surface area contributed by atoms with Crippen molar-refractivity contribution in [3.8, 4) is 5.75 Å². The molecule has 114 valence electrons. The van der Waals surface area contributed by atoms with Gasteiger partial charge in [0.2, 0.25) is 0 Å². The minimum absolute atomic E-state index is 0.0242. The van der Waals surface area contributed by atoms with Gasteiger partial charge in [0.25, 0.3) is 5.91 Å². The Morgan fingerprint density at radius 3 is 2.19 bits per heavy atom. The molecule has 0 saturated heterocycles. The van der Waals surface area contributed by atoms with Crippen molar-refractivity contribution in [3.05, 3.63) is 29.8 Å². The molecule has 1 atom stereocenters. The van der Waals surface area contributed by atoms with Gasteiger partial charge in [-0.3, -0.25) is 14.4 Å². The molecule has 1 rings (SSSR count). The largest absolute Gasteiger partial charge is 0.508 e. The fraction of sp³-hybridized carbons (Fsp3) is 0.308. The minimum Gasteiger partial charge on any atom is -0.508 e. The highest BCUT2D eigenvalue weighted by Crippen LogP contribution is 2.15. The summed E-state index contributed by atoms with van der Waals surface area (Å²) in [4.78, 5) is 38.2. The lowest BCUT2D eigenvalue weighted by atomic mass is 10.1. The van der Waals surface area contributed by atoms with Crippen molar-refractivity contribution in [2.75, 3.05) is 7.11 Å². The van der Waals surface area contributed by atoms with Crippen molar-refractivity contribution in [3.63, 3.8) is 0 Å². The molecule has 0 aromatic heterocycles. The summed E-state index contributed by atoms with van der Waals surface area (Å²) in [6, 6.07) is 4.39. The minimum atomic E-state index is -1.38. The maximum Gasteiger partial charge on any atom is 0.329 e. The van der Waals surface area contributed by atoms with E-state index in [0.29, 0.717) is 10.6 Å². The molecule has 0 spiro atoms. The van der Waals surface area contributed by atoms with E-state index in [1.807, 2.05) is 0 Å². The molecule has 0 aliphatic carbocycles. The first kappa shape index (κ1) is 16.4. The van der Waals surface area contributed by atoms with Crippen molar-refractivity contribution >= 4 is 17.8 Å². The molecular weight excluding hydrogens is 282 g/mol. The van der Waals surface area contributed by atoms with E-state index in [0.717, 1.165) is 7.11 Å². The fourth-order valence-corrected chi connectivity index (χ4v) is 1.74. The Morgan fingerprint density at radius 2 is 1.76 bits per heavy atom. The van der Waals surface area contributed by atoms with Gasteiger partial charge in [0.1, 0.15) is 12.2 Å². The molecule has 1 amide bonds. The zero-order valence-electron chi connectivity index (χ0n) is 11.2. The van der Waals surface area contributed by atoms with Crippen LogP contribution in [-0.2, 0) is 25.6 Å². The molecule has 0 radical (unpaired) electrons. The second-order valence-corrected chi connectivity index (χ2v) is 4.20. The molecule has 0 unspecified atom stereocenters. The van der Waals surface area contributed by atoms with Crippen LogP contribution in [0, 0.1) is 0 Å². The lowest BCUT2D eigenvalue weighted by molar-refractivity contribution is -0.197. The summed E-state index contributed by atoms with van der Waals surface area (Å²) in [5.74, 6) is -3.65. The van der Waals surface area contributed by atoms with Crippen LogP contribution in [0.15, 0.2) is 24.3 Å². The van der Waals surface area contributed by atoms with Gasteiger partial charge in [0.15, 0.2) is 6.04 Å². The maximum atomic E-state index is 11.7. The number of carbonyl (C=O) groups is 3. The molecular formula is C13H15NO7. The third kappa shape index (κ3) is 4.77. The number of aliphatic carboxylic acids is 2. The van der Waals surface area contributed by atoms with Crippen LogP contribution in [0.4, 0.5) is 0 Å². The first-order valence-corrected chi connectivity index (χ1v) is 5.93. The molecule has 0 aliphatic rings. The van der Waals surface area contributed by atoms with Crippen LogP contribution in [-0.4, -0.2) is 51.4 Å². The Morgan fingerprint density at radius 1 is 1.19 bits per heavy atom. The summed E-state index contributed by atoms with van der Waals surface area (Å²) in [6.45, 7) is 0. The number of rotatable bonds is 7. The number of carboxylic acid groups (broad SMARTS) is 2. The Bertz CT molecular complexity index is 526. The van der Waals surface area contributed by atoms with Crippen LogP contribution in [0.5, 0.6) is 5.75 Å². The topological polar surface area (TPSA) is 124 Å². The quantitative estimate of drug-likeness (QED) is 0.486. The van der Waals surface area contributed by atoms with Gasteiger partial charge in [0, 0.05) is 6.42 Å². The summed E-state index contributed by atoms with van der Waals surface area (Å²) >= 11 is 0. The number of phenolic OH excluding ortho intramolecular Hbond substituents is 1. The number of hydrogen-bond donors (Lipinski definition) is 3. The fourth-order valence-electron chi connectivity index (χ4n) is 1.74. The number of carbonyl (C=O) groups excluding carboxylic acids is 1. The molecule has 0 bridgehead atoms. The van der Waals surface area contributed by atoms with Gasteiger partial charge < -0.3 is 15.3 Å². The average Bonchev–Trinajstić information content (AvgIpc) is 2.39. The van der Waals surface area contributed by atoms with Crippen LogP contribution >= 0.6 is 0 Å². The van der Waals surface area contributed by atoms with Crippen molar-refractivity contribution in [1.82, 2.24) is 5.06 Å². The van der Waals surface area contributed by atoms with Crippen molar-refractivity contribution < 1.29 is 34.5 Å². The van der Waals surface area contributed by atoms with Crippen LogP contribution in [0.1, 0.15) is 12.0 Å². The lowest BCUT2D eigenvalue weighted by Crippen LogP contribution is -2.46. The van der Waals surface area contributed by atoms with Crippen LogP contribution < -0.4 is 0 Å². The average molecular weight is 297 g/mol. The van der Waals surface area contributed by atoms with Gasteiger partial charge in [0.05, 0.1) is 7.11 Å². The number of carboxylic acids is 2. The molecule has 3 N–H and O–H groups in total. The number of nitrogens with zero attached hydrogens (tertiary/aromatic N) is 1. The normalized spacial score (nSPS) is 11.7. The molecule has 0 heterocycles. The molecule has 0 fully saturated rings. The highest BCUT2D eigenvalue weighted by Gasteiger charge is 2.31. The number of benzene rings is 1. The van der Waals surface area contributed by atoms with Crippen LogP contribution in [0.3, 0.4) is 0 Å². The summed E-state index contributed by atoms with van der Waals surface area (Å²) in [6.07, 6.45) is -0.956. The van der Waals surface area contributed by atoms with E-state index in [1.165, 1.54) is 24.3 Å². The smallest absolute Gasteiger partial charge is 0.329 e. The Labute approximate surface area is 120 Å². The molecule has 1 aromatic carbocycles. The second-order valence-electron chi connectivity index (χ2n) is 4.20. The summed E-state index contributed by atoms with van der Waals surface area (Å²) in [5, 5.41) is 27.5. The molecule has 0 aliphatic heterocycles. The van der Waals surface area contributed by atoms with E-state index in [9.17, 15) is 24.6 Å². The van der Waals surface area contributed by atoms with E-state index in [4.69, 9.17) is 9.94 Å². The first-order chi connectivity index (χ1) is 9.85. The molecule has 0 saturated carbocycles. The Kier molecular flexibility index (Phi) is 5.67. The summed E-state index contributed by atoms with van der Waals surface area (Å²) < 4.78 is 0. The predicted octanol–water partition coefficient (Wildman–Crippen LogP) is 0.253. The van der Waals surface area contributed by atoms with Crippen LogP contribution in [0.25, 0.3) is 0 Å². The van der Waals surface area contributed by atoms with Crippen molar-refractivity contribution in [2.24, 2.45) is 0 Å². The SMILES string of the molecule is CON(C(=O)CC(=O)O)[C@H](Cc1ccc(O)cc1)C(=O)O. The second kappa shape index (κ2) is 7.25. The third-order valence-electron chi connectivity index (χ3n) is 2.68. The van der Waals surface area contributed by atoms with E-state index < -0.39 is 30.3 Å². The number of amides is 1. The molecule has 21 heavy (non-hydrogen) atoms. The highest BCUT2D eigenvalue weighted by molar-refractivity contribution is 5.94. The van der Waals surface area contributed by atoms with Crippen LogP contribution in [0.2, 0.25) is 0 Å². The maximum absolute atomic E-state index is 11.7. The lowest BCUT2D eigenvalue weighted by Gasteiger charge is -2.26. The molecule has 1 aromatic rings. The van der Waals surface area contributed by atoms with E-state index >= 15 is 0 Å². The standard InChI is InChI=1S/C13H15NO7/c1-21-14(11(16)7-12(17)18)10(13(19)20)6-8-2-4-9(15)5-3-8/h2-5,10,15H,6-7H2,1H3,(H,17,18)(H,19,20)/t10-/m1/s1. The number of hydrogen-bond acceptors (Lipinski definition) is 5. The van der Waals surface area contributed by atoms with E-state index in [-0.39, 0.29) is 12.2 Å². The highest BCUT2D eigenvalue weighted by atomic mass is 16.7. The first-order valence-electron chi connectivity index (χ1n) is 5.93. The Balaban J connectivity index is 2.92. The van der Waals surface area contributed by atoms with E-state index in [1.54, 1.807) is 0 Å². The number of aromatic hydroxyl groups is 1. The van der Waals surface area contributed by atoms with Crippen molar-refractivity contribution in [1.29, 1.82) is 0 Å². The molecule has 8 heteroatoms. The van der Waals surface area contributed by atoms with Gasteiger partial charge in [-0.2, -0.15) is 0 Å².